The maximum absolute atomic E-state index is 13.4. The van der Waals surface area contributed by atoms with E-state index in [1.165, 1.54) is 0 Å². The van der Waals surface area contributed by atoms with Crippen molar-refractivity contribution in [3.05, 3.63) is 81.7 Å². The summed E-state index contributed by atoms with van der Waals surface area (Å²) >= 11 is 0. The Balaban J connectivity index is 1.51. The van der Waals surface area contributed by atoms with Gasteiger partial charge in [0.05, 0.1) is 30.2 Å². The average molecular weight is 404 g/mol. The first kappa shape index (κ1) is 19.0. The smallest absolute Gasteiger partial charge is 0.290 e. The number of carbonyl (C=O) groups excluding carboxylic acids is 1. The van der Waals surface area contributed by atoms with Gasteiger partial charge >= 0.3 is 0 Å². The number of para-hydroxylation sites is 1. The predicted octanol–water partition coefficient (Wildman–Crippen LogP) is 3.06. The number of carbonyl (C=O) groups is 1. The normalized spacial score (nSPS) is 19.4. The molecule has 2 aliphatic heterocycles. The molecule has 154 valence electrons. The summed E-state index contributed by atoms with van der Waals surface area (Å²) in [5.41, 5.74) is 1.72. The number of rotatable bonds is 5. The number of nitrogens with zero attached hydrogens (tertiary/aromatic N) is 2. The molecule has 6 nitrogen and oxygen atoms in total. The zero-order valence-electron chi connectivity index (χ0n) is 16.8. The molecule has 0 radical (unpaired) electrons. The fourth-order valence-corrected chi connectivity index (χ4v) is 4.47. The molecule has 6 heteroatoms. The quantitative estimate of drug-likeness (QED) is 0.654. The van der Waals surface area contributed by atoms with Gasteiger partial charge in [-0.1, -0.05) is 42.5 Å². The van der Waals surface area contributed by atoms with Crippen molar-refractivity contribution in [1.82, 2.24) is 9.80 Å². The fraction of sp³-hybridized carbons (Fsp3) is 0.333. The SMILES string of the molecule is O=C1c2oc3ccccc3c(=O)c2[C@H](c2ccccc2)N1CCCN1CCOCC1. The standard InChI is InChI=1S/C24H24N2O4/c27-22-18-9-4-5-10-19(18)30-23-20(22)21(17-7-2-1-3-8-17)26(24(23)28)12-6-11-25-13-15-29-16-14-25/h1-5,7-10,21H,6,11-16H2/t21-/m0/s1. The van der Waals surface area contributed by atoms with Crippen LogP contribution in [0.2, 0.25) is 0 Å². The van der Waals surface area contributed by atoms with Crippen LogP contribution in [0.1, 0.15) is 34.1 Å². The molecule has 3 aromatic rings. The van der Waals surface area contributed by atoms with Crippen LogP contribution in [0.4, 0.5) is 0 Å². The lowest BCUT2D eigenvalue weighted by Crippen LogP contribution is -2.38. The van der Waals surface area contributed by atoms with Gasteiger partial charge in [0.2, 0.25) is 5.76 Å². The highest BCUT2D eigenvalue weighted by Crippen LogP contribution is 2.38. The first-order valence-electron chi connectivity index (χ1n) is 10.5. The minimum Gasteiger partial charge on any atom is -0.450 e. The van der Waals surface area contributed by atoms with Crippen LogP contribution in [-0.2, 0) is 4.74 Å². The summed E-state index contributed by atoms with van der Waals surface area (Å²) in [6.07, 6.45) is 0.830. The number of hydrogen-bond acceptors (Lipinski definition) is 5. The van der Waals surface area contributed by atoms with Crippen LogP contribution in [0.25, 0.3) is 11.0 Å². The summed E-state index contributed by atoms with van der Waals surface area (Å²) < 4.78 is 11.4. The van der Waals surface area contributed by atoms with E-state index in [2.05, 4.69) is 4.90 Å². The van der Waals surface area contributed by atoms with Crippen LogP contribution in [0, 0.1) is 0 Å². The number of ether oxygens (including phenoxy) is 1. The molecule has 0 spiro atoms. The van der Waals surface area contributed by atoms with Crippen LogP contribution >= 0.6 is 0 Å². The molecule has 3 heterocycles. The third kappa shape index (κ3) is 3.32. The first-order chi connectivity index (χ1) is 14.7. The number of amides is 1. The largest absolute Gasteiger partial charge is 0.450 e. The minimum absolute atomic E-state index is 0.121. The van der Waals surface area contributed by atoms with Crippen molar-refractivity contribution in [2.75, 3.05) is 39.4 Å². The molecule has 2 aromatic carbocycles. The van der Waals surface area contributed by atoms with E-state index in [1.54, 1.807) is 17.0 Å². The zero-order valence-corrected chi connectivity index (χ0v) is 16.8. The van der Waals surface area contributed by atoms with Crippen molar-refractivity contribution >= 4 is 16.9 Å². The van der Waals surface area contributed by atoms with Crippen LogP contribution in [0.15, 0.2) is 63.8 Å². The van der Waals surface area contributed by atoms with Crippen molar-refractivity contribution in [3.63, 3.8) is 0 Å². The van der Waals surface area contributed by atoms with Gasteiger partial charge < -0.3 is 14.1 Å². The fourth-order valence-electron chi connectivity index (χ4n) is 4.47. The Morgan fingerprint density at radius 1 is 0.900 bits per heavy atom. The van der Waals surface area contributed by atoms with Gasteiger partial charge in [-0.05, 0) is 24.1 Å². The second-order valence-electron chi connectivity index (χ2n) is 7.79. The van der Waals surface area contributed by atoms with Gasteiger partial charge in [0.1, 0.15) is 5.58 Å². The summed E-state index contributed by atoms with van der Waals surface area (Å²) in [5, 5.41) is 0.514. The molecular weight excluding hydrogens is 380 g/mol. The third-order valence-electron chi connectivity index (χ3n) is 5.97. The highest BCUT2D eigenvalue weighted by atomic mass is 16.5. The molecule has 1 saturated heterocycles. The molecule has 0 aliphatic carbocycles. The Morgan fingerprint density at radius 2 is 1.63 bits per heavy atom. The predicted molar refractivity (Wildman–Crippen MR) is 114 cm³/mol. The highest BCUT2D eigenvalue weighted by molar-refractivity contribution is 5.99. The first-order valence-corrected chi connectivity index (χ1v) is 10.5. The summed E-state index contributed by atoms with van der Waals surface area (Å²) in [7, 11) is 0. The van der Waals surface area contributed by atoms with Gasteiger partial charge in [0.25, 0.3) is 5.91 Å². The van der Waals surface area contributed by atoms with E-state index in [9.17, 15) is 9.59 Å². The Hall–Kier alpha value is -2.96. The van der Waals surface area contributed by atoms with Crippen molar-refractivity contribution in [3.8, 4) is 0 Å². The van der Waals surface area contributed by atoms with Crippen LogP contribution in [0.5, 0.6) is 0 Å². The molecule has 30 heavy (non-hydrogen) atoms. The van der Waals surface area contributed by atoms with Crippen LogP contribution < -0.4 is 5.43 Å². The van der Waals surface area contributed by atoms with Gasteiger partial charge in [0, 0.05) is 26.2 Å². The Kier molecular flexibility index (Phi) is 5.11. The monoisotopic (exact) mass is 404 g/mol. The van der Waals surface area contributed by atoms with Crippen molar-refractivity contribution in [2.45, 2.75) is 12.5 Å². The zero-order chi connectivity index (χ0) is 20.5. The van der Waals surface area contributed by atoms with E-state index in [0.717, 1.165) is 44.8 Å². The second kappa shape index (κ2) is 8.05. The number of benzene rings is 2. The molecule has 0 unspecified atom stereocenters. The lowest BCUT2D eigenvalue weighted by atomic mass is 9.98. The van der Waals surface area contributed by atoms with E-state index >= 15 is 0 Å². The number of hydrogen-bond donors (Lipinski definition) is 0. The lowest BCUT2D eigenvalue weighted by molar-refractivity contribution is 0.0353. The molecule has 0 N–H and O–H groups in total. The van der Waals surface area contributed by atoms with Gasteiger partial charge in [-0.3, -0.25) is 14.5 Å². The molecule has 0 saturated carbocycles. The molecule has 1 atom stereocenters. The minimum atomic E-state index is -0.417. The summed E-state index contributed by atoms with van der Waals surface area (Å²) in [6, 6.07) is 16.5. The molecule has 5 rings (SSSR count). The Morgan fingerprint density at radius 3 is 2.43 bits per heavy atom. The molecule has 1 aromatic heterocycles. The van der Waals surface area contributed by atoms with Crippen molar-refractivity contribution in [1.29, 1.82) is 0 Å². The van der Waals surface area contributed by atoms with Gasteiger partial charge in [-0.2, -0.15) is 0 Å². The van der Waals surface area contributed by atoms with E-state index in [0.29, 0.717) is 23.1 Å². The van der Waals surface area contributed by atoms with Crippen molar-refractivity contribution in [2.24, 2.45) is 0 Å². The summed E-state index contributed by atoms with van der Waals surface area (Å²) in [4.78, 5) is 30.8. The van der Waals surface area contributed by atoms with E-state index < -0.39 is 6.04 Å². The van der Waals surface area contributed by atoms with E-state index in [4.69, 9.17) is 9.15 Å². The van der Waals surface area contributed by atoms with E-state index in [-0.39, 0.29) is 17.1 Å². The average Bonchev–Trinajstić information content (AvgIpc) is 3.07. The van der Waals surface area contributed by atoms with Gasteiger partial charge in [-0.25, -0.2) is 0 Å². The van der Waals surface area contributed by atoms with Gasteiger partial charge in [0.15, 0.2) is 5.43 Å². The van der Waals surface area contributed by atoms with Crippen LogP contribution in [-0.4, -0.2) is 55.1 Å². The molecule has 1 fully saturated rings. The Bertz CT molecular complexity index is 1120. The van der Waals surface area contributed by atoms with Crippen molar-refractivity contribution < 1.29 is 13.9 Å². The molecular formula is C24H24N2O4. The van der Waals surface area contributed by atoms with Crippen LogP contribution in [0.3, 0.4) is 0 Å². The maximum atomic E-state index is 13.4. The number of fused-ring (bicyclic) bond motifs is 2. The molecule has 1 amide bonds. The summed E-state index contributed by atoms with van der Waals surface area (Å²) in [5.74, 6) is -0.0254. The molecule has 2 aliphatic rings. The summed E-state index contributed by atoms with van der Waals surface area (Å²) in [6.45, 7) is 4.81. The third-order valence-corrected chi connectivity index (χ3v) is 5.97. The molecule has 0 bridgehead atoms. The van der Waals surface area contributed by atoms with E-state index in [1.807, 2.05) is 42.5 Å². The maximum Gasteiger partial charge on any atom is 0.290 e. The topological polar surface area (TPSA) is 63.0 Å². The number of morpholine rings is 1. The highest BCUT2D eigenvalue weighted by Gasteiger charge is 2.42. The lowest BCUT2D eigenvalue weighted by Gasteiger charge is -2.29. The Labute approximate surface area is 174 Å². The second-order valence-corrected chi connectivity index (χ2v) is 7.79. The van der Waals surface area contributed by atoms with Gasteiger partial charge in [-0.15, -0.1) is 0 Å².